The molecule has 9 heteroatoms. The van der Waals surface area contributed by atoms with Gasteiger partial charge >= 0.3 is 0 Å². The van der Waals surface area contributed by atoms with Crippen molar-refractivity contribution < 1.29 is 18.7 Å². The van der Waals surface area contributed by atoms with Gasteiger partial charge in [-0.3, -0.25) is 14.4 Å². The molecule has 8 nitrogen and oxygen atoms in total. The third-order valence-corrected chi connectivity index (χ3v) is 5.27. The van der Waals surface area contributed by atoms with E-state index in [1.165, 1.54) is 17.0 Å². The molecule has 1 aliphatic rings. The normalized spacial score (nSPS) is 14.0. The molecule has 1 N–H and O–H groups in total. The molecule has 160 valence electrons. The van der Waals surface area contributed by atoms with Crippen LogP contribution in [0.2, 0.25) is 0 Å². The predicted octanol–water partition coefficient (Wildman–Crippen LogP) is 2.55. The number of H-pyrrole nitrogens is 1. The van der Waals surface area contributed by atoms with Gasteiger partial charge in [-0.05, 0) is 30.3 Å². The molecule has 0 bridgehead atoms. The first-order valence-corrected chi connectivity index (χ1v) is 9.99. The van der Waals surface area contributed by atoms with Crippen molar-refractivity contribution in [2.75, 3.05) is 26.2 Å². The summed E-state index contributed by atoms with van der Waals surface area (Å²) in [6, 6.07) is 10.7. The standard InChI is InChI=1S/C22H21FN4O4/c1-2-19(28)26-9-11-27(12-10-26)22(30)17-13-14(7-8-18(17)23)31-21-16-6-4-3-5-15(16)20(29)24-25-21/h3-8,13H,2,9-12H2,1H3,(H,24,29). The summed E-state index contributed by atoms with van der Waals surface area (Å²) in [7, 11) is 0. The van der Waals surface area contributed by atoms with Crippen LogP contribution in [0.15, 0.2) is 47.3 Å². The molecule has 0 radical (unpaired) electrons. The van der Waals surface area contributed by atoms with E-state index in [1.807, 2.05) is 0 Å². The van der Waals surface area contributed by atoms with E-state index >= 15 is 0 Å². The minimum atomic E-state index is -0.663. The first kappa shape index (κ1) is 20.5. The molecule has 3 aromatic rings. The summed E-state index contributed by atoms with van der Waals surface area (Å²) >= 11 is 0. The predicted molar refractivity (Wildman–Crippen MR) is 112 cm³/mol. The van der Waals surface area contributed by atoms with Gasteiger partial charge in [0.25, 0.3) is 11.5 Å². The van der Waals surface area contributed by atoms with Crippen molar-refractivity contribution in [2.24, 2.45) is 0 Å². The lowest BCUT2D eigenvalue weighted by atomic mass is 10.1. The largest absolute Gasteiger partial charge is 0.437 e. The highest BCUT2D eigenvalue weighted by atomic mass is 19.1. The summed E-state index contributed by atoms with van der Waals surface area (Å²) in [6.07, 6.45) is 0.412. The summed E-state index contributed by atoms with van der Waals surface area (Å²) in [5.74, 6) is -0.731. The monoisotopic (exact) mass is 424 g/mol. The number of ether oxygens (including phenoxy) is 1. The second-order valence-corrected chi connectivity index (χ2v) is 7.17. The molecule has 4 rings (SSSR count). The van der Waals surface area contributed by atoms with Gasteiger partial charge in [-0.15, -0.1) is 5.10 Å². The lowest BCUT2D eigenvalue weighted by Crippen LogP contribution is -2.50. The Kier molecular flexibility index (Phi) is 5.66. The maximum Gasteiger partial charge on any atom is 0.272 e. The van der Waals surface area contributed by atoms with E-state index in [0.717, 1.165) is 6.07 Å². The van der Waals surface area contributed by atoms with Crippen LogP contribution < -0.4 is 10.3 Å². The van der Waals surface area contributed by atoms with Crippen LogP contribution >= 0.6 is 0 Å². The van der Waals surface area contributed by atoms with Crippen LogP contribution in [0.3, 0.4) is 0 Å². The molecule has 2 aromatic carbocycles. The van der Waals surface area contributed by atoms with Gasteiger partial charge in [0.1, 0.15) is 11.6 Å². The second kappa shape index (κ2) is 8.55. The molecule has 0 spiro atoms. The summed E-state index contributed by atoms with van der Waals surface area (Å²) in [6.45, 7) is 3.30. The van der Waals surface area contributed by atoms with E-state index < -0.39 is 11.7 Å². The maximum atomic E-state index is 14.4. The number of benzene rings is 2. The lowest BCUT2D eigenvalue weighted by molar-refractivity contribution is -0.132. The zero-order valence-electron chi connectivity index (χ0n) is 16.9. The van der Waals surface area contributed by atoms with Crippen molar-refractivity contribution in [3.63, 3.8) is 0 Å². The van der Waals surface area contributed by atoms with Crippen molar-refractivity contribution in [1.29, 1.82) is 0 Å². The van der Waals surface area contributed by atoms with E-state index in [4.69, 9.17) is 4.74 Å². The van der Waals surface area contributed by atoms with Gasteiger partial charge in [0, 0.05) is 32.6 Å². The fourth-order valence-electron chi connectivity index (χ4n) is 3.56. The molecule has 0 unspecified atom stereocenters. The Morgan fingerprint density at radius 3 is 2.45 bits per heavy atom. The molecule has 1 aliphatic heterocycles. The number of nitrogens with one attached hydrogen (secondary N) is 1. The SMILES string of the molecule is CCC(=O)N1CCN(C(=O)c2cc(Oc3n[nH]c(=O)c4ccccc34)ccc2F)CC1. The summed E-state index contributed by atoms with van der Waals surface area (Å²) in [5.41, 5.74) is -0.472. The van der Waals surface area contributed by atoms with Gasteiger partial charge in [-0.25, -0.2) is 9.49 Å². The molecule has 1 aromatic heterocycles. The molecular weight excluding hydrogens is 403 g/mol. The minimum absolute atomic E-state index is 0.0364. The average Bonchev–Trinajstić information content (AvgIpc) is 2.81. The van der Waals surface area contributed by atoms with Gasteiger partial charge in [0.15, 0.2) is 0 Å². The van der Waals surface area contributed by atoms with Gasteiger partial charge in [-0.1, -0.05) is 19.1 Å². The van der Waals surface area contributed by atoms with Crippen LogP contribution in [-0.2, 0) is 4.79 Å². The number of hydrogen-bond donors (Lipinski definition) is 1. The molecule has 1 fully saturated rings. The number of nitrogens with zero attached hydrogens (tertiary/aromatic N) is 3. The number of rotatable bonds is 4. The molecule has 2 amide bonds. The Bertz CT molecular complexity index is 1200. The first-order chi connectivity index (χ1) is 15.0. The van der Waals surface area contributed by atoms with Crippen molar-refractivity contribution in [3.05, 3.63) is 64.2 Å². The van der Waals surface area contributed by atoms with Crippen LogP contribution in [0.4, 0.5) is 4.39 Å². The molecule has 1 saturated heterocycles. The smallest absolute Gasteiger partial charge is 0.272 e. The topological polar surface area (TPSA) is 95.6 Å². The molecule has 0 aliphatic carbocycles. The number of amides is 2. The summed E-state index contributed by atoms with van der Waals surface area (Å²) in [5, 5.41) is 7.21. The average molecular weight is 424 g/mol. The highest BCUT2D eigenvalue weighted by molar-refractivity contribution is 5.95. The van der Waals surface area contributed by atoms with Crippen molar-refractivity contribution in [1.82, 2.24) is 20.0 Å². The lowest BCUT2D eigenvalue weighted by Gasteiger charge is -2.34. The zero-order valence-corrected chi connectivity index (χ0v) is 16.9. The van der Waals surface area contributed by atoms with Gasteiger partial charge < -0.3 is 14.5 Å². The van der Waals surface area contributed by atoms with Gasteiger partial charge in [-0.2, -0.15) is 0 Å². The second-order valence-electron chi connectivity index (χ2n) is 7.17. The summed E-state index contributed by atoms with van der Waals surface area (Å²) in [4.78, 5) is 39.9. The number of fused-ring (bicyclic) bond motifs is 1. The first-order valence-electron chi connectivity index (χ1n) is 9.99. The Morgan fingerprint density at radius 2 is 1.74 bits per heavy atom. The number of hydrogen-bond acceptors (Lipinski definition) is 5. The number of halogens is 1. The number of carbonyl (C=O) groups excluding carboxylic acids is 2. The van der Waals surface area contributed by atoms with Crippen LogP contribution in [0.1, 0.15) is 23.7 Å². The molecule has 0 saturated carbocycles. The highest BCUT2D eigenvalue weighted by Crippen LogP contribution is 2.27. The Balaban J connectivity index is 1.56. The molecule has 31 heavy (non-hydrogen) atoms. The Hall–Kier alpha value is -3.75. The third kappa shape index (κ3) is 4.11. The summed E-state index contributed by atoms with van der Waals surface area (Å²) < 4.78 is 20.2. The van der Waals surface area contributed by atoms with E-state index in [0.29, 0.717) is 43.4 Å². The third-order valence-electron chi connectivity index (χ3n) is 5.27. The molecular formula is C22H21FN4O4. The highest BCUT2D eigenvalue weighted by Gasteiger charge is 2.26. The number of piperazine rings is 1. The van der Waals surface area contributed by atoms with Crippen molar-refractivity contribution >= 4 is 22.6 Å². The fourth-order valence-corrected chi connectivity index (χ4v) is 3.56. The zero-order chi connectivity index (χ0) is 22.0. The molecule has 0 atom stereocenters. The Morgan fingerprint density at radius 1 is 1.06 bits per heavy atom. The van der Waals surface area contributed by atoms with Crippen LogP contribution in [0.5, 0.6) is 11.6 Å². The molecule has 2 heterocycles. The van der Waals surface area contributed by atoms with E-state index in [2.05, 4.69) is 10.2 Å². The number of carbonyl (C=O) groups is 2. The van der Waals surface area contributed by atoms with E-state index in [9.17, 15) is 18.8 Å². The van der Waals surface area contributed by atoms with Crippen LogP contribution in [0, 0.1) is 5.82 Å². The van der Waals surface area contributed by atoms with Crippen molar-refractivity contribution in [2.45, 2.75) is 13.3 Å². The van der Waals surface area contributed by atoms with Gasteiger partial charge in [0.05, 0.1) is 16.3 Å². The minimum Gasteiger partial charge on any atom is -0.437 e. The maximum absolute atomic E-state index is 14.4. The quantitative estimate of drug-likeness (QED) is 0.695. The number of aromatic amines is 1. The fraction of sp³-hybridized carbons (Fsp3) is 0.273. The van der Waals surface area contributed by atoms with Crippen molar-refractivity contribution in [3.8, 4) is 11.6 Å². The van der Waals surface area contributed by atoms with Gasteiger partial charge in [0.2, 0.25) is 11.8 Å². The van der Waals surface area contributed by atoms with E-state index in [1.54, 1.807) is 36.1 Å². The number of aromatic nitrogens is 2. The van der Waals surface area contributed by atoms with Crippen LogP contribution in [0.25, 0.3) is 10.8 Å². The Labute approximate surface area is 177 Å². The van der Waals surface area contributed by atoms with Crippen LogP contribution in [-0.4, -0.2) is 58.0 Å². The van der Waals surface area contributed by atoms with E-state index in [-0.39, 0.29) is 28.7 Å².